The number of hydrogen-bond acceptors (Lipinski definition) is 11. The van der Waals surface area contributed by atoms with Crippen molar-refractivity contribution in [2.75, 3.05) is 0 Å². The van der Waals surface area contributed by atoms with Crippen molar-refractivity contribution in [3.8, 4) is 40.1 Å². The first-order valence-electron chi connectivity index (χ1n) is 9.72. The Morgan fingerprint density at radius 2 is 1.59 bits per heavy atom. The van der Waals surface area contributed by atoms with Gasteiger partial charge in [0.1, 0.15) is 38.4 Å². The topological polar surface area (TPSA) is 190 Å². The van der Waals surface area contributed by atoms with E-state index in [-0.39, 0.29) is 25.9 Å². The summed E-state index contributed by atoms with van der Waals surface area (Å²) in [4.78, 5) is 13.5. The standard InChI is InChI=1S/C21H18Br2O11/c1-5-12(26)16(30)17(31)21(32-5)34-20-14(28)9-13(27)10(22)15(29)11(23)19(9)33-18(20)6-2-3-7(24)8(25)4-6/h2-5,12,16-17,21,24-27,29-31H,1H3/t5-,12-,16+,17+,21-/m0/s1. The van der Waals surface area contributed by atoms with Crippen molar-refractivity contribution in [2.45, 2.75) is 37.6 Å². The first-order valence-corrected chi connectivity index (χ1v) is 11.3. The number of fused-ring (bicyclic) bond motifs is 1. The summed E-state index contributed by atoms with van der Waals surface area (Å²) < 4.78 is 16.5. The van der Waals surface area contributed by atoms with E-state index in [0.29, 0.717) is 0 Å². The van der Waals surface area contributed by atoms with Crippen molar-refractivity contribution in [1.82, 2.24) is 0 Å². The zero-order chi connectivity index (χ0) is 25.1. The largest absolute Gasteiger partial charge is 0.506 e. The normalized spacial score (nSPS) is 24.9. The van der Waals surface area contributed by atoms with Crippen molar-refractivity contribution in [3.63, 3.8) is 0 Å². The molecule has 1 saturated heterocycles. The molecule has 1 aliphatic rings. The predicted octanol–water partition coefficient (Wildman–Crippen LogP) is 2.01. The monoisotopic (exact) mass is 604 g/mol. The second-order valence-electron chi connectivity index (χ2n) is 7.62. The number of rotatable bonds is 3. The van der Waals surface area contributed by atoms with E-state index in [1.807, 2.05) is 0 Å². The van der Waals surface area contributed by atoms with Gasteiger partial charge in [0.25, 0.3) is 0 Å². The van der Waals surface area contributed by atoms with E-state index in [9.17, 15) is 40.5 Å². The highest BCUT2D eigenvalue weighted by molar-refractivity contribution is 9.11. The summed E-state index contributed by atoms with van der Waals surface area (Å²) in [7, 11) is 0. The van der Waals surface area contributed by atoms with Gasteiger partial charge in [-0.3, -0.25) is 4.79 Å². The lowest BCUT2D eigenvalue weighted by Gasteiger charge is -2.38. The molecule has 4 rings (SSSR count). The third kappa shape index (κ3) is 3.87. The van der Waals surface area contributed by atoms with Crippen LogP contribution in [0, 0.1) is 0 Å². The number of aliphatic hydroxyl groups excluding tert-OH is 3. The van der Waals surface area contributed by atoms with Crippen molar-refractivity contribution >= 4 is 42.8 Å². The van der Waals surface area contributed by atoms with Crippen LogP contribution in [-0.4, -0.2) is 66.5 Å². The molecule has 0 saturated carbocycles. The van der Waals surface area contributed by atoms with Gasteiger partial charge in [-0.25, -0.2) is 0 Å². The van der Waals surface area contributed by atoms with E-state index in [1.165, 1.54) is 13.0 Å². The Hall–Kier alpha value is -2.55. The predicted molar refractivity (Wildman–Crippen MR) is 123 cm³/mol. The van der Waals surface area contributed by atoms with E-state index < -0.39 is 70.3 Å². The molecule has 7 N–H and O–H groups in total. The molecular formula is C21H18Br2O11. The van der Waals surface area contributed by atoms with E-state index in [4.69, 9.17) is 13.9 Å². The summed E-state index contributed by atoms with van der Waals surface area (Å²) in [6, 6.07) is 3.48. The SMILES string of the molecule is C[C@@H]1O[C@@H](Oc2c(-c3ccc(O)c(O)c3)oc3c(Br)c(O)c(Br)c(O)c3c2=O)[C@H](O)[C@H](O)[C@H]1O. The maximum absolute atomic E-state index is 13.5. The Morgan fingerprint density at radius 1 is 0.912 bits per heavy atom. The number of aliphatic hydroxyl groups is 3. The van der Waals surface area contributed by atoms with E-state index in [2.05, 4.69) is 31.9 Å². The molecule has 5 atom stereocenters. The number of aromatic hydroxyl groups is 4. The quantitative estimate of drug-likeness (QED) is 0.216. The number of phenols is 4. The Labute approximate surface area is 207 Å². The fourth-order valence-corrected chi connectivity index (χ4v) is 4.64. The Balaban J connectivity index is 1.99. The second kappa shape index (κ2) is 8.91. The van der Waals surface area contributed by atoms with Gasteiger partial charge in [0.15, 0.2) is 28.6 Å². The minimum Gasteiger partial charge on any atom is -0.506 e. The van der Waals surface area contributed by atoms with Crippen LogP contribution in [-0.2, 0) is 4.74 Å². The average molecular weight is 606 g/mol. The van der Waals surface area contributed by atoms with Gasteiger partial charge in [-0.1, -0.05) is 0 Å². The molecule has 182 valence electrons. The molecule has 3 aromatic rings. The molecule has 0 bridgehead atoms. The fraction of sp³-hybridized carbons (Fsp3) is 0.286. The van der Waals surface area contributed by atoms with Crippen molar-refractivity contribution in [3.05, 3.63) is 37.4 Å². The molecular weight excluding hydrogens is 588 g/mol. The lowest BCUT2D eigenvalue weighted by molar-refractivity contribution is -0.268. The summed E-state index contributed by atoms with van der Waals surface area (Å²) in [5, 5.41) is 70.3. The van der Waals surface area contributed by atoms with Gasteiger partial charge in [0, 0.05) is 5.56 Å². The molecule has 1 aliphatic heterocycles. The molecule has 0 radical (unpaired) electrons. The molecule has 2 aromatic carbocycles. The van der Waals surface area contributed by atoms with E-state index >= 15 is 0 Å². The third-order valence-electron chi connectivity index (χ3n) is 5.41. The number of ether oxygens (including phenoxy) is 2. The highest BCUT2D eigenvalue weighted by Crippen LogP contribution is 2.47. The van der Waals surface area contributed by atoms with Gasteiger partial charge >= 0.3 is 0 Å². The molecule has 0 unspecified atom stereocenters. The maximum atomic E-state index is 13.5. The summed E-state index contributed by atoms with van der Waals surface area (Å²) in [6.07, 6.45) is -7.46. The molecule has 11 nitrogen and oxygen atoms in total. The second-order valence-corrected chi connectivity index (χ2v) is 9.21. The number of hydrogen-bond donors (Lipinski definition) is 7. The Bertz CT molecular complexity index is 1340. The van der Waals surface area contributed by atoms with E-state index in [1.54, 1.807) is 0 Å². The first kappa shape index (κ1) is 24.6. The Morgan fingerprint density at radius 3 is 2.24 bits per heavy atom. The molecule has 1 fully saturated rings. The summed E-state index contributed by atoms with van der Waals surface area (Å²) in [5.41, 5.74) is -1.18. The van der Waals surface area contributed by atoms with Crippen molar-refractivity contribution < 1.29 is 49.6 Å². The van der Waals surface area contributed by atoms with Gasteiger partial charge in [0.05, 0.1) is 6.10 Å². The van der Waals surface area contributed by atoms with Crippen LogP contribution in [0.4, 0.5) is 0 Å². The zero-order valence-corrected chi connectivity index (χ0v) is 20.3. The van der Waals surface area contributed by atoms with Crippen LogP contribution in [0.25, 0.3) is 22.3 Å². The smallest absolute Gasteiger partial charge is 0.239 e. The molecule has 0 spiro atoms. The molecule has 34 heavy (non-hydrogen) atoms. The van der Waals surface area contributed by atoms with Crippen molar-refractivity contribution in [2.24, 2.45) is 0 Å². The van der Waals surface area contributed by atoms with Crippen LogP contribution in [0.1, 0.15) is 6.92 Å². The van der Waals surface area contributed by atoms with Crippen LogP contribution in [0.3, 0.4) is 0 Å². The summed E-state index contributed by atoms with van der Waals surface area (Å²) >= 11 is 6.09. The molecule has 0 amide bonds. The van der Waals surface area contributed by atoms with Crippen molar-refractivity contribution in [1.29, 1.82) is 0 Å². The highest BCUT2D eigenvalue weighted by atomic mass is 79.9. The minimum atomic E-state index is -1.77. The summed E-state index contributed by atoms with van der Waals surface area (Å²) in [5.74, 6) is -3.03. The van der Waals surface area contributed by atoms with Crippen LogP contribution < -0.4 is 10.2 Å². The van der Waals surface area contributed by atoms with Gasteiger partial charge in [-0.15, -0.1) is 0 Å². The average Bonchev–Trinajstić information content (AvgIpc) is 2.81. The van der Waals surface area contributed by atoms with Crippen LogP contribution in [0.5, 0.6) is 28.7 Å². The van der Waals surface area contributed by atoms with Crippen LogP contribution >= 0.6 is 31.9 Å². The first-order chi connectivity index (χ1) is 15.9. The zero-order valence-electron chi connectivity index (χ0n) is 17.1. The lowest BCUT2D eigenvalue weighted by atomic mass is 10.00. The minimum absolute atomic E-state index is 0.0389. The molecule has 2 heterocycles. The van der Waals surface area contributed by atoms with E-state index in [0.717, 1.165) is 12.1 Å². The summed E-state index contributed by atoms with van der Waals surface area (Å²) in [6.45, 7) is 1.42. The number of benzene rings is 2. The van der Waals surface area contributed by atoms with Gasteiger partial charge in [-0.2, -0.15) is 0 Å². The molecule has 1 aromatic heterocycles. The van der Waals surface area contributed by atoms with Gasteiger partial charge in [0.2, 0.25) is 17.5 Å². The highest BCUT2D eigenvalue weighted by Gasteiger charge is 2.44. The Kier molecular flexibility index (Phi) is 6.44. The third-order valence-corrected chi connectivity index (χ3v) is 6.90. The maximum Gasteiger partial charge on any atom is 0.239 e. The fourth-order valence-electron chi connectivity index (χ4n) is 3.50. The van der Waals surface area contributed by atoms with Crippen LogP contribution in [0.15, 0.2) is 36.4 Å². The lowest BCUT2D eigenvalue weighted by Crippen LogP contribution is -2.58. The molecule has 0 aliphatic carbocycles. The van der Waals surface area contributed by atoms with Gasteiger partial charge in [-0.05, 0) is 57.0 Å². The van der Waals surface area contributed by atoms with Gasteiger partial charge < -0.3 is 49.6 Å². The molecule has 13 heteroatoms. The number of halogens is 2. The number of phenolic OH excluding ortho intramolecular Hbond substituents is 4. The van der Waals surface area contributed by atoms with Crippen LogP contribution in [0.2, 0.25) is 0 Å².